The van der Waals surface area contributed by atoms with Crippen LogP contribution >= 0.6 is 0 Å². The van der Waals surface area contributed by atoms with Gasteiger partial charge in [-0.05, 0) is 25.7 Å². The van der Waals surface area contributed by atoms with Crippen LogP contribution in [-0.2, 0) is 14.3 Å². The Morgan fingerprint density at radius 1 is 1.17 bits per heavy atom. The van der Waals surface area contributed by atoms with Crippen LogP contribution in [0, 0.1) is 5.92 Å². The predicted molar refractivity (Wildman–Crippen MR) is 91.8 cm³/mol. The molecule has 0 fully saturated rings. The van der Waals surface area contributed by atoms with Crippen molar-refractivity contribution in [2.75, 3.05) is 40.8 Å². The van der Waals surface area contributed by atoms with Gasteiger partial charge in [-0.3, -0.25) is 9.59 Å². The summed E-state index contributed by atoms with van der Waals surface area (Å²) in [5.74, 6) is -0.762. The second kappa shape index (κ2) is 9.79. The lowest BCUT2D eigenvalue weighted by Crippen LogP contribution is -2.40. The van der Waals surface area contributed by atoms with Gasteiger partial charge in [-0.25, -0.2) is 0 Å². The molecule has 5 heteroatoms. The Bertz CT molecular complexity index is 526. The minimum absolute atomic E-state index is 0.105. The van der Waals surface area contributed by atoms with Crippen LogP contribution in [0.1, 0.15) is 12.5 Å². The second-order valence-electron chi connectivity index (χ2n) is 5.76. The van der Waals surface area contributed by atoms with E-state index < -0.39 is 0 Å². The Labute approximate surface area is 138 Å². The van der Waals surface area contributed by atoms with Gasteiger partial charge in [0.1, 0.15) is 0 Å². The standard InChI is InChI=1S/C18H26N2O3/c1-15(18(22)23-4)14-20(13-12-19(2)3)17(21)11-10-16-8-6-5-7-9-16/h5-11,15H,12-14H2,1-4H3/b11-10+. The third-order valence-corrected chi connectivity index (χ3v) is 3.44. The Balaban J connectivity index is 2.75. The van der Waals surface area contributed by atoms with Gasteiger partial charge in [0, 0.05) is 25.7 Å². The van der Waals surface area contributed by atoms with Gasteiger partial charge in [0.25, 0.3) is 0 Å². The highest BCUT2D eigenvalue weighted by Crippen LogP contribution is 2.06. The molecule has 126 valence electrons. The second-order valence-corrected chi connectivity index (χ2v) is 5.76. The lowest BCUT2D eigenvalue weighted by molar-refractivity contribution is -0.146. The first-order valence-corrected chi connectivity index (χ1v) is 7.68. The van der Waals surface area contributed by atoms with Crippen LogP contribution in [0.2, 0.25) is 0 Å². The lowest BCUT2D eigenvalue weighted by Gasteiger charge is -2.25. The first-order chi connectivity index (χ1) is 10.9. The molecule has 0 radical (unpaired) electrons. The monoisotopic (exact) mass is 318 g/mol. The van der Waals surface area contributed by atoms with E-state index in [0.717, 1.165) is 12.1 Å². The van der Waals surface area contributed by atoms with Crippen molar-refractivity contribution < 1.29 is 14.3 Å². The summed E-state index contributed by atoms with van der Waals surface area (Å²) in [6, 6.07) is 9.65. The number of nitrogens with zero attached hydrogens (tertiary/aromatic N) is 2. The van der Waals surface area contributed by atoms with Crippen LogP contribution in [0.5, 0.6) is 0 Å². The van der Waals surface area contributed by atoms with Gasteiger partial charge in [-0.15, -0.1) is 0 Å². The SMILES string of the molecule is COC(=O)C(C)CN(CCN(C)C)C(=O)/C=C/c1ccccc1. The highest BCUT2D eigenvalue weighted by atomic mass is 16.5. The fourth-order valence-electron chi connectivity index (χ4n) is 2.06. The van der Waals surface area contributed by atoms with Gasteiger partial charge in [0.05, 0.1) is 13.0 Å². The summed E-state index contributed by atoms with van der Waals surface area (Å²) >= 11 is 0. The van der Waals surface area contributed by atoms with E-state index in [1.54, 1.807) is 24.0 Å². The molecule has 1 aromatic carbocycles. The van der Waals surface area contributed by atoms with Gasteiger partial charge < -0.3 is 14.5 Å². The molecule has 1 unspecified atom stereocenters. The first kappa shape index (κ1) is 18.9. The average molecular weight is 318 g/mol. The van der Waals surface area contributed by atoms with Gasteiger partial charge in [-0.2, -0.15) is 0 Å². The van der Waals surface area contributed by atoms with Crippen LogP contribution in [-0.4, -0.2) is 62.5 Å². The molecule has 1 amide bonds. The molecule has 0 aliphatic rings. The molecule has 0 saturated carbocycles. The van der Waals surface area contributed by atoms with E-state index in [1.807, 2.05) is 49.3 Å². The summed E-state index contributed by atoms with van der Waals surface area (Å²) < 4.78 is 4.74. The first-order valence-electron chi connectivity index (χ1n) is 7.68. The topological polar surface area (TPSA) is 49.9 Å². The Morgan fingerprint density at radius 3 is 2.39 bits per heavy atom. The number of carbonyl (C=O) groups excluding carboxylic acids is 2. The molecule has 1 atom stereocenters. The maximum absolute atomic E-state index is 12.4. The number of ether oxygens (including phenoxy) is 1. The number of carbonyl (C=O) groups is 2. The summed E-state index contributed by atoms with van der Waals surface area (Å²) in [6.07, 6.45) is 3.34. The van der Waals surface area contributed by atoms with Crippen LogP contribution in [0.4, 0.5) is 0 Å². The maximum atomic E-state index is 12.4. The van der Waals surface area contributed by atoms with Crippen LogP contribution in [0.25, 0.3) is 6.08 Å². The number of methoxy groups -OCH3 is 1. The number of likely N-dealkylation sites (N-methyl/N-ethyl adjacent to an activating group) is 1. The highest BCUT2D eigenvalue weighted by Gasteiger charge is 2.20. The van der Waals surface area contributed by atoms with Crippen molar-refractivity contribution in [3.63, 3.8) is 0 Å². The average Bonchev–Trinajstić information content (AvgIpc) is 2.56. The zero-order chi connectivity index (χ0) is 17.2. The molecule has 1 rings (SSSR count). The van der Waals surface area contributed by atoms with Gasteiger partial charge in [0.2, 0.25) is 5.91 Å². The smallest absolute Gasteiger partial charge is 0.310 e. The van der Waals surface area contributed by atoms with E-state index in [-0.39, 0.29) is 17.8 Å². The van der Waals surface area contributed by atoms with E-state index >= 15 is 0 Å². The molecular weight excluding hydrogens is 292 g/mol. The molecule has 0 spiro atoms. The molecular formula is C18H26N2O3. The third kappa shape index (κ3) is 7.10. The van der Waals surface area contributed by atoms with E-state index in [4.69, 9.17) is 4.74 Å². The fraction of sp³-hybridized carbons (Fsp3) is 0.444. The fourth-order valence-corrected chi connectivity index (χ4v) is 2.06. The summed E-state index contributed by atoms with van der Waals surface area (Å²) in [6.45, 7) is 3.41. The van der Waals surface area contributed by atoms with Crippen molar-refractivity contribution >= 4 is 18.0 Å². The maximum Gasteiger partial charge on any atom is 0.310 e. The van der Waals surface area contributed by atoms with Crippen molar-refractivity contribution in [2.24, 2.45) is 5.92 Å². The molecule has 0 bridgehead atoms. The number of hydrogen-bond acceptors (Lipinski definition) is 4. The Morgan fingerprint density at radius 2 is 1.83 bits per heavy atom. The molecule has 1 aromatic rings. The number of hydrogen-bond donors (Lipinski definition) is 0. The molecule has 0 heterocycles. The third-order valence-electron chi connectivity index (χ3n) is 3.44. The summed E-state index contributed by atoms with van der Waals surface area (Å²) in [5.41, 5.74) is 0.967. The minimum Gasteiger partial charge on any atom is -0.469 e. The Kier molecular flexibility index (Phi) is 8.05. The predicted octanol–water partition coefficient (Wildman–Crippen LogP) is 1.90. The van der Waals surface area contributed by atoms with Crippen LogP contribution < -0.4 is 0 Å². The van der Waals surface area contributed by atoms with Crippen molar-refractivity contribution in [2.45, 2.75) is 6.92 Å². The van der Waals surface area contributed by atoms with Crippen LogP contribution in [0.3, 0.4) is 0 Å². The van der Waals surface area contributed by atoms with E-state index in [9.17, 15) is 9.59 Å². The normalized spacial score (nSPS) is 12.4. The number of esters is 1. The van der Waals surface area contributed by atoms with Crippen molar-refractivity contribution in [3.8, 4) is 0 Å². The lowest BCUT2D eigenvalue weighted by atomic mass is 10.1. The molecule has 0 N–H and O–H groups in total. The molecule has 0 aliphatic heterocycles. The quantitative estimate of drug-likeness (QED) is 0.543. The molecule has 0 aromatic heterocycles. The largest absolute Gasteiger partial charge is 0.469 e. The summed E-state index contributed by atoms with van der Waals surface area (Å²) in [7, 11) is 5.26. The van der Waals surface area contributed by atoms with E-state index in [1.165, 1.54) is 7.11 Å². The van der Waals surface area contributed by atoms with Crippen LogP contribution in [0.15, 0.2) is 36.4 Å². The van der Waals surface area contributed by atoms with E-state index in [0.29, 0.717) is 13.1 Å². The molecule has 0 saturated heterocycles. The Hall–Kier alpha value is -2.14. The highest BCUT2D eigenvalue weighted by molar-refractivity contribution is 5.92. The van der Waals surface area contributed by atoms with Crippen molar-refractivity contribution in [3.05, 3.63) is 42.0 Å². The molecule has 5 nitrogen and oxygen atoms in total. The van der Waals surface area contributed by atoms with Gasteiger partial charge in [0.15, 0.2) is 0 Å². The zero-order valence-corrected chi connectivity index (χ0v) is 14.4. The summed E-state index contributed by atoms with van der Waals surface area (Å²) in [5, 5.41) is 0. The molecule has 0 aliphatic carbocycles. The van der Waals surface area contributed by atoms with Crippen molar-refractivity contribution in [1.82, 2.24) is 9.80 Å². The number of benzene rings is 1. The van der Waals surface area contributed by atoms with Crippen molar-refractivity contribution in [1.29, 1.82) is 0 Å². The molecule has 23 heavy (non-hydrogen) atoms. The van der Waals surface area contributed by atoms with E-state index in [2.05, 4.69) is 0 Å². The minimum atomic E-state index is -0.351. The van der Waals surface area contributed by atoms with Gasteiger partial charge >= 0.3 is 5.97 Å². The zero-order valence-electron chi connectivity index (χ0n) is 14.4. The summed E-state index contributed by atoms with van der Waals surface area (Å²) in [4.78, 5) is 27.7. The number of rotatable bonds is 8. The number of amides is 1. The van der Waals surface area contributed by atoms with Gasteiger partial charge in [-0.1, -0.05) is 37.3 Å².